The fourth-order valence-corrected chi connectivity index (χ4v) is 4.39. The summed E-state index contributed by atoms with van der Waals surface area (Å²) in [5.74, 6) is 2.00. The molecule has 0 spiro atoms. The van der Waals surface area contributed by atoms with Crippen LogP contribution in [-0.2, 0) is 11.3 Å². The van der Waals surface area contributed by atoms with Crippen LogP contribution in [0, 0.1) is 6.92 Å². The third-order valence-electron chi connectivity index (χ3n) is 3.11. The number of rotatable bonds is 10. The number of aryl methyl sites for hydroxylation is 1. The second-order valence-electron chi connectivity index (χ2n) is 4.95. The first-order valence-electron chi connectivity index (χ1n) is 7.43. The van der Waals surface area contributed by atoms with Gasteiger partial charge in [0, 0.05) is 41.1 Å². The highest BCUT2D eigenvalue weighted by atomic mass is 33.1. The number of carbonyl (C=O) groups excluding carboxylic acids is 1. The first-order valence-corrected chi connectivity index (χ1v) is 9.75. The molecule has 0 saturated carbocycles. The molecule has 0 fully saturated rings. The van der Waals surface area contributed by atoms with Crippen LogP contribution in [0.1, 0.15) is 38.1 Å². The Kier molecular flexibility index (Phi) is 9.05. The zero-order valence-corrected chi connectivity index (χ0v) is 15.4. The van der Waals surface area contributed by atoms with Crippen molar-refractivity contribution in [1.29, 1.82) is 0 Å². The molecule has 1 aromatic heterocycles. The SMILES string of the molecule is CCCSS/C(CCO)=C(/C)N(C=O)Cc1cnc(C)nc1N. The van der Waals surface area contributed by atoms with Crippen LogP contribution in [0.2, 0.25) is 0 Å². The highest BCUT2D eigenvalue weighted by Gasteiger charge is 2.14. The van der Waals surface area contributed by atoms with Crippen molar-refractivity contribution in [1.82, 2.24) is 14.9 Å². The monoisotopic (exact) mass is 356 g/mol. The number of aromatic nitrogens is 2. The van der Waals surface area contributed by atoms with Crippen LogP contribution >= 0.6 is 21.6 Å². The standard InChI is InChI=1S/C15H24N4O2S2/c1-4-7-22-23-14(5-6-20)11(2)19(10-21)9-13-8-17-12(3)18-15(13)16/h8,10,20H,4-7,9H2,1-3H3,(H2,16,17,18)/b14-11-. The molecule has 3 N–H and O–H groups in total. The minimum absolute atomic E-state index is 0.0504. The third kappa shape index (κ3) is 6.40. The number of allylic oxidation sites excluding steroid dienone is 1. The molecule has 1 aromatic rings. The number of nitrogen functional groups attached to an aromatic ring is 1. The quantitative estimate of drug-likeness (QED) is 0.378. The second-order valence-corrected chi connectivity index (χ2v) is 7.46. The smallest absolute Gasteiger partial charge is 0.214 e. The number of nitrogens with two attached hydrogens (primary N) is 1. The molecule has 0 unspecified atom stereocenters. The maximum atomic E-state index is 11.5. The Morgan fingerprint density at radius 3 is 2.83 bits per heavy atom. The van der Waals surface area contributed by atoms with Gasteiger partial charge in [-0.05, 0) is 20.3 Å². The lowest BCUT2D eigenvalue weighted by molar-refractivity contribution is -0.116. The van der Waals surface area contributed by atoms with E-state index in [0.29, 0.717) is 30.2 Å². The van der Waals surface area contributed by atoms with Gasteiger partial charge in [-0.1, -0.05) is 28.5 Å². The highest BCUT2D eigenvalue weighted by Crippen LogP contribution is 2.35. The van der Waals surface area contributed by atoms with Gasteiger partial charge >= 0.3 is 0 Å². The maximum Gasteiger partial charge on any atom is 0.214 e. The van der Waals surface area contributed by atoms with E-state index in [1.807, 2.05) is 6.92 Å². The molecule has 0 atom stereocenters. The fraction of sp³-hybridized carbons (Fsp3) is 0.533. The largest absolute Gasteiger partial charge is 0.396 e. The first-order chi connectivity index (χ1) is 11.0. The van der Waals surface area contributed by atoms with Gasteiger partial charge < -0.3 is 15.7 Å². The summed E-state index contributed by atoms with van der Waals surface area (Å²) in [7, 11) is 3.34. The summed E-state index contributed by atoms with van der Waals surface area (Å²) in [5.41, 5.74) is 7.43. The molecule has 0 aromatic carbocycles. The summed E-state index contributed by atoms with van der Waals surface area (Å²) in [5, 5.41) is 9.26. The lowest BCUT2D eigenvalue weighted by atomic mass is 10.2. The van der Waals surface area contributed by atoms with Crippen molar-refractivity contribution in [2.75, 3.05) is 18.1 Å². The molecular formula is C15H24N4O2S2. The molecular weight excluding hydrogens is 332 g/mol. The van der Waals surface area contributed by atoms with Crippen molar-refractivity contribution in [2.24, 2.45) is 0 Å². The normalized spacial score (nSPS) is 12.0. The average Bonchev–Trinajstić information content (AvgIpc) is 2.53. The van der Waals surface area contributed by atoms with Crippen LogP contribution < -0.4 is 5.73 Å². The van der Waals surface area contributed by atoms with Crippen molar-refractivity contribution in [2.45, 2.75) is 40.2 Å². The second kappa shape index (κ2) is 10.5. The number of anilines is 1. The molecule has 0 aliphatic carbocycles. The summed E-state index contributed by atoms with van der Waals surface area (Å²) >= 11 is 0. The molecule has 0 saturated heterocycles. The number of hydrogen-bond acceptors (Lipinski definition) is 7. The molecule has 0 aliphatic rings. The Morgan fingerprint density at radius 2 is 2.26 bits per heavy atom. The molecule has 0 aliphatic heterocycles. The lowest BCUT2D eigenvalue weighted by Gasteiger charge is -2.22. The van der Waals surface area contributed by atoms with Crippen LogP contribution in [0.3, 0.4) is 0 Å². The van der Waals surface area contributed by atoms with E-state index in [4.69, 9.17) is 5.73 Å². The summed E-state index contributed by atoms with van der Waals surface area (Å²) in [6.45, 7) is 6.13. The van der Waals surface area contributed by atoms with E-state index in [1.54, 1.807) is 39.6 Å². The minimum Gasteiger partial charge on any atom is -0.396 e. The van der Waals surface area contributed by atoms with E-state index >= 15 is 0 Å². The average molecular weight is 357 g/mol. The van der Waals surface area contributed by atoms with Gasteiger partial charge in [0.1, 0.15) is 11.6 Å². The van der Waals surface area contributed by atoms with Crippen molar-refractivity contribution in [3.05, 3.63) is 28.2 Å². The molecule has 1 amide bonds. The molecule has 0 bridgehead atoms. The molecule has 1 heterocycles. The fourth-order valence-electron chi connectivity index (χ4n) is 1.79. The van der Waals surface area contributed by atoms with Gasteiger partial charge in [0.2, 0.25) is 6.41 Å². The minimum atomic E-state index is 0.0504. The molecule has 1 rings (SSSR count). The van der Waals surface area contributed by atoms with Crippen LogP contribution in [0.25, 0.3) is 0 Å². The molecule has 128 valence electrons. The summed E-state index contributed by atoms with van der Waals surface area (Å²) in [6.07, 6.45) is 4.03. The molecule has 6 nitrogen and oxygen atoms in total. The third-order valence-corrected chi connectivity index (χ3v) is 5.96. The predicted octanol–water partition coefficient (Wildman–Crippen LogP) is 2.73. The van der Waals surface area contributed by atoms with E-state index in [2.05, 4.69) is 16.9 Å². The van der Waals surface area contributed by atoms with Crippen LogP contribution in [-0.4, -0.2) is 38.7 Å². The molecule has 0 radical (unpaired) electrons. The highest BCUT2D eigenvalue weighted by molar-refractivity contribution is 8.78. The van der Waals surface area contributed by atoms with Crippen LogP contribution in [0.15, 0.2) is 16.8 Å². The summed E-state index contributed by atoms with van der Waals surface area (Å²) in [4.78, 5) is 22.3. The number of nitrogens with zero attached hydrogens (tertiary/aromatic N) is 3. The Hall–Kier alpha value is -1.25. The Labute approximate surface area is 145 Å². The van der Waals surface area contributed by atoms with Gasteiger partial charge in [-0.2, -0.15) is 0 Å². The topological polar surface area (TPSA) is 92.3 Å². The maximum absolute atomic E-state index is 11.5. The Balaban J connectivity index is 2.94. The van der Waals surface area contributed by atoms with Crippen molar-refractivity contribution in [3.8, 4) is 0 Å². The van der Waals surface area contributed by atoms with Crippen molar-refractivity contribution in [3.63, 3.8) is 0 Å². The van der Waals surface area contributed by atoms with E-state index in [-0.39, 0.29) is 6.61 Å². The Morgan fingerprint density at radius 1 is 1.52 bits per heavy atom. The summed E-state index contributed by atoms with van der Waals surface area (Å²) in [6, 6.07) is 0. The van der Waals surface area contributed by atoms with Crippen LogP contribution in [0.5, 0.6) is 0 Å². The molecule has 23 heavy (non-hydrogen) atoms. The number of amides is 1. The van der Waals surface area contributed by atoms with Gasteiger partial charge in [-0.3, -0.25) is 4.79 Å². The van der Waals surface area contributed by atoms with Gasteiger partial charge in [-0.15, -0.1) is 0 Å². The van der Waals surface area contributed by atoms with Crippen molar-refractivity contribution >= 4 is 33.8 Å². The van der Waals surface area contributed by atoms with Crippen molar-refractivity contribution < 1.29 is 9.90 Å². The Bertz CT molecular complexity index is 552. The van der Waals surface area contributed by atoms with Gasteiger partial charge in [0.05, 0.1) is 6.54 Å². The van der Waals surface area contributed by atoms with Crippen LogP contribution in [0.4, 0.5) is 5.82 Å². The molecule has 8 heteroatoms. The number of aliphatic hydroxyl groups is 1. The van der Waals surface area contributed by atoms with Gasteiger partial charge in [0.25, 0.3) is 0 Å². The zero-order chi connectivity index (χ0) is 17.2. The van der Waals surface area contributed by atoms with E-state index in [9.17, 15) is 9.90 Å². The van der Waals surface area contributed by atoms with E-state index < -0.39 is 0 Å². The number of aliphatic hydroxyl groups excluding tert-OH is 1. The van der Waals surface area contributed by atoms with E-state index in [1.165, 1.54) is 0 Å². The summed E-state index contributed by atoms with van der Waals surface area (Å²) < 4.78 is 0. The first kappa shape index (κ1) is 19.8. The van der Waals surface area contributed by atoms with Gasteiger partial charge in [0.15, 0.2) is 0 Å². The van der Waals surface area contributed by atoms with Gasteiger partial charge in [-0.25, -0.2) is 9.97 Å². The predicted molar refractivity (Wildman–Crippen MR) is 97.5 cm³/mol. The zero-order valence-electron chi connectivity index (χ0n) is 13.8. The number of carbonyl (C=O) groups is 1. The van der Waals surface area contributed by atoms with E-state index in [0.717, 1.165) is 29.2 Å². The number of hydrogen-bond donors (Lipinski definition) is 2. The lowest BCUT2D eigenvalue weighted by Crippen LogP contribution is -2.21.